The summed E-state index contributed by atoms with van der Waals surface area (Å²) in [6.45, 7) is 4.97. The Morgan fingerprint density at radius 3 is 2.65 bits per heavy atom. The van der Waals surface area contributed by atoms with E-state index >= 15 is 0 Å². The molecular formula is C17H21N3O4S2. The molecule has 0 aliphatic heterocycles. The molecule has 1 aliphatic rings. The van der Waals surface area contributed by atoms with Crippen molar-refractivity contribution in [3.8, 4) is 5.19 Å². The first-order chi connectivity index (χ1) is 12.3. The second-order valence-electron chi connectivity index (χ2n) is 6.51. The number of anilines is 1. The highest BCUT2D eigenvalue weighted by molar-refractivity contribution is 7.94. The third kappa shape index (κ3) is 3.88. The summed E-state index contributed by atoms with van der Waals surface area (Å²) in [6, 6.07) is 5.71. The number of amides is 1. The van der Waals surface area contributed by atoms with Crippen molar-refractivity contribution in [1.29, 1.82) is 0 Å². The molecule has 1 atom stereocenters. The molecule has 1 aromatic carbocycles. The van der Waals surface area contributed by atoms with E-state index in [1.807, 2.05) is 26.0 Å². The number of aromatic nitrogens is 2. The lowest BCUT2D eigenvalue weighted by Crippen LogP contribution is -2.32. The zero-order chi connectivity index (χ0) is 18.9. The van der Waals surface area contributed by atoms with E-state index in [1.54, 1.807) is 6.07 Å². The zero-order valence-corrected chi connectivity index (χ0v) is 16.5. The van der Waals surface area contributed by atoms with Crippen molar-refractivity contribution < 1.29 is 17.9 Å². The Labute approximate surface area is 156 Å². The van der Waals surface area contributed by atoms with Crippen LogP contribution in [0.2, 0.25) is 0 Å². The van der Waals surface area contributed by atoms with Crippen LogP contribution in [0.4, 0.5) is 5.69 Å². The molecule has 0 spiro atoms. The second-order valence-corrected chi connectivity index (χ2v) is 9.90. The number of fused-ring (bicyclic) bond motifs is 1. The summed E-state index contributed by atoms with van der Waals surface area (Å²) in [7, 11) is -3.93. The summed E-state index contributed by atoms with van der Waals surface area (Å²) in [6.07, 6.45) is 3.00. The molecule has 1 N–H and O–H groups in total. The van der Waals surface area contributed by atoms with Gasteiger partial charge in [0.2, 0.25) is 20.1 Å². The highest BCUT2D eigenvalue weighted by Gasteiger charge is 2.33. The van der Waals surface area contributed by atoms with E-state index in [-0.39, 0.29) is 15.6 Å². The molecule has 1 aromatic heterocycles. The SMILES string of the molecule is CC(C)Oc1nnc(S(=O)(=O)C(C)C(=O)Nc2ccc3c(c2)CCC3)s1. The third-order valence-corrected chi connectivity index (χ3v) is 7.44. The van der Waals surface area contributed by atoms with Crippen LogP contribution >= 0.6 is 11.3 Å². The Hall–Kier alpha value is -2.00. The molecule has 1 heterocycles. The number of carbonyl (C=O) groups is 1. The van der Waals surface area contributed by atoms with Crippen LogP contribution < -0.4 is 10.1 Å². The fourth-order valence-corrected chi connectivity index (χ4v) is 5.21. The average Bonchev–Trinajstić information content (AvgIpc) is 3.22. The van der Waals surface area contributed by atoms with Gasteiger partial charge in [0, 0.05) is 5.69 Å². The van der Waals surface area contributed by atoms with Crippen molar-refractivity contribution >= 4 is 32.8 Å². The van der Waals surface area contributed by atoms with Gasteiger partial charge in [-0.2, -0.15) is 0 Å². The average molecular weight is 396 g/mol. The molecular weight excluding hydrogens is 374 g/mol. The van der Waals surface area contributed by atoms with Gasteiger partial charge in [0.15, 0.2) is 0 Å². The third-order valence-electron chi connectivity index (χ3n) is 4.17. The first kappa shape index (κ1) is 18.8. The maximum absolute atomic E-state index is 12.6. The number of sulfone groups is 1. The number of benzene rings is 1. The molecule has 140 valence electrons. The lowest BCUT2D eigenvalue weighted by atomic mass is 10.1. The summed E-state index contributed by atoms with van der Waals surface area (Å²) in [5.41, 5.74) is 3.10. The van der Waals surface area contributed by atoms with E-state index in [1.165, 1.54) is 18.1 Å². The molecule has 0 saturated carbocycles. The molecule has 2 aromatic rings. The van der Waals surface area contributed by atoms with E-state index in [2.05, 4.69) is 15.5 Å². The van der Waals surface area contributed by atoms with Crippen LogP contribution in [0.5, 0.6) is 5.19 Å². The van der Waals surface area contributed by atoms with Crippen molar-refractivity contribution in [2.24, 2.45) is 0 Å². The molecule has 26 heavy (non-hydrogen) atoms. The van der Waals surface area contributed by atoms with Gasteiger partial charge in [-0.1, -0.05) is 11.2 Å². The van der Waals surface area contributed by atoms with E-state index in [0.717, 1.165) is 30.6 Å². The minimum absolute atomic E-state index is 0.140. The summed E-state index contributed by atoms with van der Waals surface area (Å²) < 4.78 is 30.4. The minimum Gasteiger partial charge on any atom is -0.466 e. The predicted octanol–water partition coefficient (Wildman–Crippen LogP) is 2.61. The van der Waals surface area contributed by atoms with Crippen LogP contribution in [0, 0.1) is 0 Å². The maximum Gasteiger partial charge on any atom is 0.295 e. The number of carbonyl (C=O) groups excluding carboxylic acids is 1. The summed E-state index contributed by atoms with van der Waals surface area (Å²) in [5.74, 6) is -0.593. The van der Waals surface area contributed by atoms with Gasteiger partial charge in [0.25, 0.3) is 5.19 Å². The molecule has 1 aliphatic carbocycles. The standard InChI is InChI=1S/C17H21N3O4S2/c1-10(2)24-16-19-20-17(25-16)26(22,23)11(3)15(21)18-14-8-7-12-5-4-6-13(12)9-14/h7-11H,4-6H2,1-3H3,(H,18,21). The smallest absolute Gasteiger partial charge is 0.295 e. The first-order valence-corrected chi connectivity index (χ1v) is 10.8. The number of ether oxygens (including phenoxy) is 1. The van der Waals surface area contributed by atoms with Crippen LogP contribution in [0.25, 0.3) is 0 Å². The normalized spacial score (nSPS) is 14.9. The molecule has 0 radical (unpaired) electrons. The van der Waals surface area contributed by atoms with Crippen molar-refractivity contribution in [2.45, 2.75) is 55.7 Å². The van der Waals surface area contributed by atoms with Crippen LogP contribution in [-0.2, 0) is 27.5 Å². The first-order valence-electron chi connectivity index (χ1n) is 8.44. The Kier molecular flexibility index (Phi) is 5.29. The summed E-state index contributed by atoms with van der Waals surface area (Å²) >= 11 is 0.824. The fraction of sp³-hybridized carbons (Fsp3) is 0.471. The molecule has 0 fully saturated rings. The van der Waals surface area contributed by atoms with Gasteiger partial charge in [-0.25, -0.2) is 8.42 Å². The van der Waals surface area contributed by atoms with E-state index in [0.29, 0.717) is 5.69 Å². The number of nitrogens with zero attached hydrogens (tertiary/aromatic N) is 2. The number of aryl methyl sites for hydroxylation is 2. The van der Waals surface area contributed by atoms with Gasteiger partial charge >= 0.3 is 0 Å². The Morgan fingerprint density at radius 2 is 1.92 bits per heavy atom. The maximum atomic E-state index is 12.6. The van der Waals surface area contributed by atoms with Crippen LogP contribution in [0.15, 0.2) is 22.5 Å². The number of hydrogen-bond acceptors (Lipinski definition) is 7. The molecule has 0 bridgehead atoms. The van der Waals surface area contributed by atoms with Crippen molar-refractivity contribution in [2.75, 3.05) is 5.32 Å². The largest absolute Gasteiger partial charge is 0.466 e. The molecule has 0 saturated heterocycles. The van der Waals surface area contributed by atoms with Crippen LogP contribution in [0.1, 0.15) is 38.3 Å². The van der Waals surface area contributed by atoms with E-state index in [4.69, 9.17) is 4.74 Å². The number of hydrogen-bond donors (Lipinski definition) is 1. The Balaban J connectivity index is 1.73. The fourth-order valence-electron chi connectivity index (χ4n) is 2.75. The zero-order valence-electron chi connectivity index (χ0n) is 14.9. The number of rotatable bonds is 6. The van der Waals surface area contributed by atoms with Gasteiger partial charge in [0.1, 0.15) is 5.25 Å². The van der Waals surface area contributed by atoms with Crippen molar-refractivity contribution in [3.05, 3.63) is 29.3 Å². The number of nitrogens with one attached hydrogen (secondary N) is 1. The van der Waals surface area contributed by atoms with Crippen LogP contribution in [-0.4, -0.2) is 35.9 Å². The molecule has 1 amide bonds. The van der Waals surface area contributed by atoms with Gasteiger partial charge in [-0.05, 0) is 74.6 Å². The van der Waals surface area contributed by atoms with Crippen LogP contribution in [0.3, 0.4) is 0 Å². The molecule has 7 nitrogen and oxygen atoms in total. The van der Waals surface area contributed by atoms with E-state index in [9.17, 15) is 13.2 Å². The molecule has 9 heteroatoms. The van der Waals surface area contributed by atoms with Gasteiger partial charge < -0.3 is 10.1 Å². The van der Waals surface area contributed by atoms with Gasteiger partial charge in [-0.3, -0.25) is 4.79 Å². The van der Waals surface area contributed by atoms with Gasteiger partial charge in [-0.15, -0.1) is 5.10 Å². The highest BCUT2D eigenvalue weighted by atomic mass is 32.2. The van der Waals surface area contributed by atoms with Gasteiger partial charge in [0.05, 0.1) is 6.10 Å². The lowest BCUT2D eigenvalue weighted by Gasteiger charge is -2.12. The lowest BCUT2D eigenvalue weighted by molar-refractivity contribution is -0.115. The van der Waals surface area contributed by atoms with Crippen molar-refractivity contribution in [3.63, 3.8) is 0 Å². The monoisotopic (exact) mass is 395 g/mol. The molecule has 3 rings (SSSR count). The van der Waals surface area contributed by atoms with E-state index < -0.39 is 21.0 Å². The Bertz CT molecular complexity index is 922. The summed E-state index contributed by atoms with van der Waals surface area (Å²) in [5, 5.41) is 8.98. The Morgan fingerprint density at radius 1 is 1.19 bits per heavy atom. The topological polar surface area (TPSA) is 98.2 Å². The second kappa shape index (κ2) is 7.32. The highest BCUT2D eigenvalue weighted by Crippen LogP contribution is 2.28. The minimum atomic E-state index is -3.93. The molecule has 1 unspecified atom stereocenters. The predicted molar refractivity (Wildman–Crippen MR) is 99.4 cm³/mol. The quantitative estimate of drug-likeness (QED) is 0.807. The summed E-state index contributed by atoms with van der Waals surface area (Å²) in [4.78, 5) is 12.5. The van der Waals surface area contributed by atoms with Crippen molar-refractivity contribution in [1.82, 2.24) is 10.2 Å².